The highest BCUT2D eigenvalue weighted by atomic mass is 16.5. The zero-order valence-corrected chi connectivity index (χ0v) is 13.5. The van der Waals surface area contributed by atoms with Crippen molar-refractivity contribution in [3.63, 3.8) is 0 Å². The summed E-state index contributed by atoms with van der Waals surface area (Å²) in [6.45, 7) is 0. The van der Waals surface area contributed by atoms with Crippen LogP contribution in [-0.2, 0) is 0 Å². The second kappa shape index (κ2) is 7.30. The van der Waals surface area contributed by atoms with Crippen molar-refractivity contribution in [2.75, 3.05) is 43.8 Å². The lowest BCUT2D eigenvalue weighted by Crippen LogP contribution is -2.22. The van der Waals surface area contributed by atoms with E-state index in [1.165, 1.54) is 13.3 Å². The average molecular weight is 317 g/mol. The van der Waals surface area contributed by atoms with Gasteiger partial charge in [-0.2, -0.15) is 4.98 Å². The highest BCUT2D eigenvalue weighted by Crippen LogP contribution is 2.23. The van der Waals surface area contributed by atoms with Crippen LogP contribution in [0.2, 0.25) is 0 Å². The molecule has 2 aromatic rings. The molecule has 0 fully saturated rings. The summed E-state index contributed by atoms with van der Waals surface area (Å²) in [7, 11) is 6.70. The molecule has 0 saturated carbocycles. The van der Waals surface area contributed by atoms with Crippen LogP contribution in [-0.4, -0.2) is 44.3 Å². The lowest BCUT2D eigenvalue weighted by molar-refractivity contribution is 0.262. The quantitative estimate of drug-likeness (QED) is 0.879. The molecule has 0 radical (unpaired) electrons. The minimum absolute atomic E-state index is 0.231. The summed E-state index contributed by atoms with van der Waals surface area (Å²) in [5, 5.41) is 5.44. The zero-order valence-electron chi connectivity index (χ0n) is 13.5. The predicted molar refractivity (Wildman–Crippen MR) is 88.5 cm³/mol. The van der Waals surface area contributed by atoms with Crippen LogP contribution in [0.5, 0.6) is 11.8 Å². The van der Waals surface area contributed by atoms with Crippen LogP contribution in [0.15, 0.2) is 30.5 Å². The van der Waals surface area contributed by atoms with E-state index in [0.29, 0.717) is 17.2 Å². The molecular weight excluding hydrogens is 298 g/mol. The Morgan fingerprint density at radius 3 is 2.35 bits per heavy atom. The standard InChI is InChI=1S/C15H19N5O3/c1-20(2)13-12(9-16-15(19-13)23-4)18-14(21)17-10-5-7-11(22-3)8-6-10/h5-9H,1-4H3,(H2,17,18,21). The molecule has 0 unspecified atom stereocenters. The lowest BCUT2D eigenvalue weighted by Gasteiger charge is -2.17. The van der Waals surface area contributed by atoms with E-state index in [-0.39, 0.29) is 6.01 Å². The minimum Gasteiger partial charge on any atom is -0.497 e. The van der Waals surface area contributed by atoms with Gasteiger partial charge < -0.3 is 25.0 Å². The van der Waals surface area contributed by atoms with Crippen molar-refractivity contribution >= 4 is 23.2 Å². The van der Waals surface area contributed by atoms with Crippen molar-refractivity contribution in [2.45, 2.75) is 0 Å². The Morgan fingerprint density at radius 2 is 1.78 bits per heavy atom. The smallest absolute Gasteiger partial charge is 0.323 e. The molecule has 122 valence electrons. The van der Waals surface area contributed by atoms with E-state index >= 15 is 0 Å². The van der Waals surface area contributed by atoms with Crippen molar-refractivity contribution in [1.82, 2.24) is 9.97 Å². The van der Waals surface area contributed by atoms with Gasteiger partial charge in [-0.05, 0) is 24.3 Å². The molecule has 0 bridgehead atoms. The average Bonchev–Trinajstić information content (AvgIpc) is 2.55. The van der Waals surface area contributed by atoms with E-state index in [9.17, 15) is 4.79 Å². The Labute approximate surface area is 134 Å². The Kier molecular flexibility index (Phi) is 5.19. The van der Waals surface area contributed by atoms with Crippen LogP contribution < -0.4 is 25.0 Å². The number of urea groups is 1. The molecule has 1 aromatic carbocycles. The van der Waals surface area contributed by atoms with Crippen molar-refractivity contribution in [2.24, 2.45) is 0 Å². The van der Waals surface area contributed by atoms with Gasteiger partial charge in [0.2, 0.25) is 0 Å². The molecule has 0 spiro atoms. The Bertz CT molecular complexity index is 673. The third kappa shape index (κ3) is 4.22. The van der Waals surface area contributed by atoms with Gasteiger partial charge in [0.25, 0.3) is 0 Å². The molecular formula is C15H19N5O3. The van der Waals surface area contributed by atoms with Crippen LogP contribution >= 0.6 is 0 Å². The molecule has 0 aliphatic carbocycles. The van der Waals surface area contributed by atoms with E-state index in [2.05, 4.69) is 20.6 Å². The first-order valence-electron chi connectivity index (χ1n) is 6.84. The molecule has 0 aliphatic heterocycles. The lowest BCUT2D eigenvalue weighted by atomic mass is 10.3. The van der Waals surface area contributed by atoms with Crippen molar-refractivity contribution in [3.8, 4) is 11.8 Å². The van der Waals surface area contributed by atoms with E-state index in [1.54, 1.807) is 36.3 Å². The summed E-state index contributed by atoms with van der Waals surface area (Å²) in [5.41, 5.74) is 1.12. The summed E-state index contributed by atoms with van der Waals surface area (Å²) < 4.78 is 10.1. The van der Waals surface area contributed by atoms with E-state index in [1.807, 2.05) is 14.1 Å². The minimum atomic E-state index is -0.396. The van der Waals surface area contributed by atoms with E-state index in [4.69, 9.17) is 9.47 Å². The summed E-state index contributed by atoms with van der Waals surface area (Å²) in [5.74, 6) is 1.26. The summed E-state index contributed by atoms with van der Waals surface area (Å²) in [6.07, 6.45) is 1.49. The number of anilines is 3. The van der Waals surface area contributed by atoms with Gasteiger partial charge in [0, 0.05) is 19.8 Å². The van der Waals surface area contributed by atoms with Gasteiger partial charge in [-0.1, -0.05) is 0 Å². The molecule has 0 atom stereocenters. The van der Waals surface area contributed by atoms with Crippen LogP contribution in [0.25, 0.3) is 0 Å². The topological polar surface area (TPSA) is 88.6 Å². The monoisotopic (exact) mass is 317 g/mol. The fourth-order valence-corrected chi connectivity index (χ4v) is 1.84. The largest absolute Gasteiger partial charge is 0.497 e. The van der Waals surface area contributed by atoms with Gasteiger partial charge in [0.1, 0.15) is 11.4 Å². The molecule has 2 N–H and O–H groups in total. The van der Waals surface area contributed by atoms with Crippen LogP contribution in [0.4, 0.5) is 22.0 Å². The number of methoxy groups -OCH3 is 2. The maximum absolute atomic E-state index is 12.1. The number of amides is 2. The molecule has 1 heterocycles. The number of benzene rings is 1. The fourth-order valence-electron chi connectivity index (χ4n) is 1.84. The summed E-state index contributed by atoms with van der Waals surface area (Å²) in [4.78, 5) is 22.1. The molecule has 1 aromatic heterocycles. The molecule has 8 nitrogen and oxygen atoms in total. The number of carbonyl (C=O) groups is 1. The summed E-state index contributed by atoms with van der Waals surface area (Å²) in [6, 6.07) is 6.85. The number of ether oxygens (including phenoxy) is 2. The number of hydrogen-bond donors (Lipinski definition) is 2. The SMILES string of the molecule is COc1ccc(NC(=O)Nc2cnc(OC)nc2N(C)C)cc1. The van der Waals surface area contributed by atoms with Crippen molar-refractivity contribution in [3.05, 3.63) is 30.5 Å². The third-order valence-electron chi connectivity index (χ3n) is 2.95. The molecule has 0 aliphatic rings. The Hall–Kier alpha value is -3.03. The predicted octanol–water partition coefficient (Wildman–Crippen LogP) is 2.20. The van der Waals surface area contributed by atoms with Crippen LogP contribution in [0, 0.1) is 0 Å². The first-order valence-corrected chi connectivity index (χ1v) is 6.84. The maximum Gasteiger partial charge on any atom is 0.323 e. The number of nitrogens with zero attached hydrogens (tertiary/aromatic N) is 3. The van der Waals surface area contributed by atoms with Crippen LogP contribution in [0.3, 0.4) is 0 Å². The highest BCUT2D eigenvalue weighted by molar-refractivity contribution is 6.01. The summed E-state index contributed by atoms with van der Waals surface area (Å²) >= 11 is 0. The number of hydrogen-bond acceptors (Lipinski definition) is 6. The maximum atomic E-state index is 12.1. The molecule has 23 heavy (non-hydrogen) atoms. The molecule has 2 amide bonds. The number of carbonyl (C=O) groups excluding carboxylic acids is 1. The van der Waals surface area contributed by atoms with E-state index < -0.39 is 6.03 Å². The van der Waals surface area contributed by atoms with Gasteiger partial charge in [-0.15, -0.1) is 0 Å². The van der Waals surface area contributed by atoms with Gasteiger partial charge in [0.15, 0.2) is 5.82 Å². The number of rotatable bonds is 5. The second-order valence-electron chi connectivity index (χ2n) is 4.80. The first-order chi connectivity index (χ1) is 11.0. The van der Waals surface area contributed by atoms with Crippen LogP contribution in [0.1, 0.15) is 0 Å². The Morgan fingerprint density at radius 1 is 1.09 bits per heavy atom. The fraction of sp³-hybridized carbons (Fsp3) is 0.267. The Balaban J connectivity index is 2.10. The number of aromatic nitrogens is 2. The molecule has 2 rings (SSSR count). The van der Waals surface area contributed by atoms with Gasteiger partial charge in [-0.25, -0.2) is 9.78 Å². The van der Waals surface area contributed by atoms with Gasteiger partial charge in [-0.3, -0.25) is 0 Å². The first kappa shape index (κ1) is 16.3. The van der Waals surface area contributed by atoms with Gasteiger partial charge >= 0.3 is 12.0 Å². The second-order valence-corrected chi connectivity index (χ2v) is 4.80. The highest BCUT2D eigenvalue weighted by Gasteiger charge is 2.12. The number of nitrogens with one attached hydrogen (secondary N) is 2. The van der Waals surface area contributed by atoms with Crippen molar-refractivity contribution < 1.29 is 14.3 Å². The zero-order chi connectivity index (χ0) is 16.8. The third-order valence-corrected chi connectivity index (χ3v) is 2.95. The van der Waals surface area contributed by atoms with Gasteiger partial charge in [0.05, 0.1) is 20.4 Å². The van der Waals surface area contributed by atoms with E-state index in [0.717, 1.165) is 5.75 Å². The molecule has 0 saturated heterocycles. The van der Waals surface area contributed by atoms with Crippen molar-refractivity contribution in [1.29, 1.82) is 0 Å². The molecule has 8 heteroatoms. The normalized spacial score (nSPS) is 9.91.